The van der Waals surface area contributed by atoms with Crippen LogP contribution >= 0.6 is 0 Å². The molecule has 0 spiro atoms. The summed E-state index contributed by atoms with van der Waals surface area (Å²) in [5, 5.41) is 3.87. The van der Waals surface area contributed by atoms with Crippen LogP contribution in [0.15, 0.2) is 35.4 Å². The second kappa shape index (κ2) is 7.37. The monoisotopic (exact) mass is 246 g/mol. The molecule has 0 heterocycles. The van der Waals surface area contributed by atoms with Crippen molar-refractivity contribution in [2.24, 2.45) is 5.10 Å². The predicted molar refractivity (Wildman–Crippen MR) is 71.3 cm³/mol. The highest BCUT2D eigenvalue weighted by molar-refractivity contribution is 6.00. The first-order chi connectivity index (χ1) is 8.58. The lowest BCUT2D eigenvalue weighted by atomic mass is 10.1. The summed E-state index contributed by atoms with van der Waals surface area (Å²) < 4.78 is 0. The fraction of sp³-hybridized carbons (Fsp3) is 0.357. The van der Waals surface area contributed by atoms with Crippen molar-refractivity contribution in [3.8, 4) is 0 Å². The van der Waals surface area contributed by atoms with Crippen molar-refractivity contribution < 1.29 is 9.59 Å². The van der Waals surface area contributed by atoms with Gasteiger partial charge in [0.2, 0.25) is 5.91 Å². The fourth-order valence-corrected chi connectivity index (χ4v) is 1.52. The van der Waals surface area contributed by atoms with Crippen LogP contribution in [-0.2, 0) is 16.0 Å². The highest BCUT2D eigenvalue weighted by Crippen LogP contribution is 2.02. The van der Waals surface area contributed by atoms with E-state index < -0.39 is 0 Å². The van der Waals surface area contributed by atoms with Gasteiger partial charge in [0.1, 0.15) is 5.78 Å². The van der Waals surface area contributed by atoms with Crippen LogP contribution in [0.25, 0.3) is 0 Å². The molecule has 0 aliphatic heterocycles. The topological polar surface area (TPSA) is 58.5 Å². The van der Waals surface area contributed by atoms with Crippen LogP contribution in [-0.4, -0.2) is 17.4 Å². The van der Waals surface area contributed by atoms with Crippen LogP contribution in [0.2, 0.25) is 0 Å². The second-order valence-corrected chi connectivity index (χ2v) is 4.25. The average molecular weight is 246 g/mol. The van der Waals surface area contributed by atoms with Crippen molar-refractivity contribution in [1.82, 2.24) is 5.43 Å². The first-order valence-corrected chi connectivity index (χ1v) is 5.93. The Kier molecular flexibility index (Phi) is 5.77. The van der Waals surface area contributed by atoms with E-state index in [1.807, 2.05) is 30.3 Å². The molecule has 0 saturated heterocycles. The lowest BCUT2D eigenvalue weighted by Crippen LogP contribution is -2.19. The lowest BCUT2D eigenvalue weighted by molar-refractivity contribution is -0.121. The van der Waals surface area contributed by atoms with Crippen molar-refractivity contribution in [3.63, 3.8) is 0 Å². The van der Waals surface area contributed by atoms with Crippen molar-refractivity contribution in [3.05, 3.63) is 35.9 Å². The normalized spacial score (nSPS) is 11.1. The first kappa shape index (κ1) is 14.1. The molecule has 1 N–H and O–H groups in total. The number of carbonyl (C=O) groups is 2. The van der Waals surface area contributed by atoms with Gasteiger partial charge in [-0.2, -0.15) is 5.10 Å². The smallest absolute Gasteiger partial charge is 0.240 e. The number of Topliss-reactive ketones (excluding diaryl/α,β-unsaturated/α-hetero) is 1. The molecular weight excluding hydrogens is 228 g/mol. The van der Waals surface area contributed by atoms with Gasteiger partial charge in [0, 0.05) is 18.6 Å². The number of nitrogens with zero attached hydrogens (tertiary/aromatic N) is 1. The zero-order valence-electron chi connectivity index (χ0n) is 10.8. The molecule has 4 heteroatoms. The van der Waals surface area contributed by atoms with E-state index in [0.29, 0.717) is 18.6 Å². The number of ketones is 1. The molecular formula is C14H18N2O2. The number of benzene rings is 1. The molecule has 0 aromatic heterocycles. The molecule has 0 fully saturated rings. The van der Waals surface area contributed by atoms with E-state index in [0.717, 1.165) is 5.56 Å². The van der Waals surface area contributed by atoms with Gasteiger partial charge in [0.25, 0.3) is 0 Å². The van der Waals surface area contributed by atoms with Gasteiger partial charge in [-0.05, 0) is 25.8 Å². The Morgan fingerprint density at radius 3 is 2.44 bits per heavy atom. The highest BCUT2D eigenvalue weighted by Gasteiger charge is 2.02. The van der Waals surface area contributed by atoms with Gasteiger partial charge < -0.3 is 0 Å². The van der Waals surface area contributed by atoms with E-state index in [1.54, 1.807) is 6.92 Å². The molecule has 0 radical (unpaired) electrons. The van der Waals surface area contributed by atoms with Gasteiger partial charge in [-0.1, -0.05) is 30.3 Å². The molecule has 96 valence electrons. The predicted octanol–water partition coefficient (Wildman–Crippen LogP) is 2.09. The van der Waals surface area contributed by atoms with Crippen molar-refractivity contribution in [2.45, 2.75) is 33.1 Å². The van der Waals surface area contributed by atoms with Gasteiger partial charge in [-0.25, -0.2) is 5.43 Å². The Morgan fingerprint density at radius 1 is 1.17 bits per heavy atom. The third-order valence-electron chi connectivity index (χ3n) is 2.36. The van der Waals surface area contributed by atoms with E-state index in [2.05, 4.69) is 10.5 Å². The quantitative estimate of drug-likeness (QED) is 0.617. The largest absolute Gasteiger partial charge is 0.300 e. The Labute approximate surface area is 107 Å². The lowest BCUT2D eigenvalue weighted by Gasteiger charge is -2.02. The number of rotatable bonds is 6. The SMILES string of the molecule is CC(=O)C/C(C)=N/NC(=O)CCc1ccccc1. The molecule has 0 aliphatic carbocycles. The van der Waals surface area contributed by atoms with Crippen LogP contribution in [0.1, 0.15) is 32.3 Å². The average Bonchev–Trinajstić information content (AvgIpc) is 2.34. The number of hydrazone groups is 1. The molecule has 0 bridgehead atoms. The summed E-state index contributed by atoms with van der Waals surface area (Å²) in [5.74, 6) is -0.100. The molecule has 18 heavy (non-hydrogen) atoms. The number of amides is 1. The summed E-state index contributed by atoms with van der Waals surface area (Å²) in [5.41, 5.74) is 4.20. The van der Waals surface area contributed by atoms with Gasteiger partial charge in [-0.3, -0.25) is 9.59 Å². The van der Waals surface area contributed by atoms with E-state index in [1.165, 1.54) is 6.92 Å². The van der Waals surface area contributed by atoms with Crippen molar-refractivity contribution in [2.75, 3.05) is 0 Å². The summed E-state index contributed by atoms with van der Waals surface area (Å²) in [6.45, 7) is 3.22. The zero-order valence-corrected chi connectivity index (χ0v) is 10.8. The van der Waals surface area contributed by atoms with Crippen LogP contribution in [0.4, 0.5) is 0 Å². The van der Waals surface area contributed by atoms with Crippen LogP contribution in [0.3, 0.4) is 0 Å². The fourth-order valence-electron chi connectivity index (χ4n) is 1.52. The summed E-state index contributed by atoms with van der Waals surface area (Å²) in [7, 11) is 0. The summed E-state index contributed by atoms with van der Waals surface area (Å²) in [6.07, 6.45) is 1.35. The molecule has 1 amide bonds. The van der Waals surface area contributed by atoms with E-state index >= 15 is 0 Å². The second-order valence-electron chi connectivity index (χ2n) is 4.25. The molecule has 0 unspecified atom stereocenters. The van der Waals surface area contributed by atoms with Crippen LogP contribution in [0, 0.1) is 0 Å². The minimum Gasteiger partial charge on any atom is -0.300 e. The highest BCUT2D eigenvalue weighted by atomic mass is 16.2. The summed E-state index contributed by atoms with van der Waals surface area (Å²) in [4.78, 5) is 22.3. The maximum absolute atomic E-state index is 11.5. The number of hydrogen-bond donors (Lipinski definition) is 1. The van der Waals surface area contributed by atoms with Crippen molar-refractivity contribution in [1.29, 1.82) is 0 Å². The van der Waals surface area contributed by atoms with Crippen LogP contribution < -0.4 is 5.43 Å². The van der Waals surface area contributed by atoms with E-state index in [-0.39, 0.29) is 18.1 Å². The maximum atomic E-state index is 11.5. The minimum atomic E-state index is -0.137. The van der Waals surface area contributed by atoms with Crippen LogP contribution in [0.5, 0.6) is 0 Å². The molecule has 1 aromatic carbocycles. The maximum Gasteiger partial charge on any atom is 0.240 e. The summed E-state index contributed by atoms with van der Waals surface area (Å²) >= 11 is 0. The van der Waals surface area contributed by atoms with Gasteiger partial charge >= 0.3 is 0 Å². The van der Waals surface area contributed by atoms with Gasteiger partial charge in [0.05, 0.1) is 0 Å². The molecule has 0 atom stereocenters. The molecule has 1 rings (SSSR count). The molecule has 1 aromatic rings. The number of hydrogen-bond acceptors (Lipinski definition) is 3. The Balaban J connectivity index is 2.32. The summed E-state index contributed by atoms with van der Waals surface area (Å²) in [6, 6.07) is 9.80. The minimum absolute atomic E-state index is 0.0368. The van der Waals surface area contributed by atoms with E-state index in [9.17, 15) is 9.59 Å². The standard InChI is InChI=1S/C14H18N2O2/c1-11(10-12(2)17)15-16-14(18)9-8-13-6-4-3-5-7-13/h3-7H,8-10H2,1-2H3,(H,16,18)/b15-11+. The van der Waals surface area contributed by atoms with Crippen molar-refractivity contribution >= 4 is 17.4 Å². The number of nitrogens with one attached hydrogen (secondary N) is 1. The number of aryl methyl sites for hydroxylation is 1. The Hall–Kier alpha value is -1.97. The molecule has 4 nitrogen and oxygen atoms in total. The van der Waals surface area contributed by atoms with E-state index in [4.69, 9.17) is 0 Å². The zero-order chi connectivity index (χ0) is 13.4. The Bertz CT molecular complexity index is 438. The third kappa shape index (κ3) is 5.94. The first-order valence-electron chi connectivity index (χ1n) is 5.93. The number of carbonyl (C=O) groups excluding carboxylic acids is 2. The van der Waals surface area contributed by atoms with Gasteiger partial charge in [-0.15, -0.1) is 0 Å². The Morgan fingerprint density at radius 2 is 1.83 bits per heavy atom. The molecule has 0 saturated carbocycles. The third-order valence-corrected chi connectivity index (χ3v) is 2.36. The molecule has 0 aliphatic rings. The van der Waals surface area contributed by atoms with Gasteiger partial charge in [0.15, 0.2) is 0 Å².